The molecule has 0 heterocycles. The molecule has 0 aromatic heterocycles. The minimum atomic E-state index is -0.175. The predicted octanol–water partition coefficient (Wildman–Crippen LogP) is 3.98. The molecule has 0 unspecified atom stereocenters. The highest BCUT2D eigenvalue weighted by Crippen LogP contribution is 2.40. The quantitative estimate of drug-likeness (QED) is 0.522. The maximum absolute atomic E-state index is 11.9. The van der Waals surface area contributed by atoms with Gasteiger partial charge in [0.25, 0.3) is 0 Å². The van der Waals surface area contributed by atoms with Crippen molar-refractivity contribution in [2.45, 2.75) is 53.9 Å². The lowest BCUT2D eigenvalue weighted by molar-refractivity contribution is -0.134. The highest BCUT2D eigenvalue weighted by Gasteiger charge is 2.30. The van der Waals surface area contributed by atoms with Gasteiger partial charge >= 0.3 is 5.97 Å². The van der Waals surface area contributed by atoms with E-state index in [0.29, 0.717) is 0 Å². The standard InChI is InChI=1S/C14H22O2/c1-10(2)9-16-13(15)12-7-6-8-14(4,5)11(12)3/h9H,6-8H2,1-5H3. The minimum Gasteiger partial charge on any atom is -0.431 e. The Morgan fingerprint density at radius 2 is 2.00 bits per heavy atom. The van der Waals surface area contributed by atoms with Gasteiger partial charge in [-0.2, -0.15) is 0 Å². The van der Waals surface area contributed by atoms with E-state index in [2.05, 4.69) is 20.8 Å². The predicted molar refractivity (Wildman–Crippen MR) is 65.9 cm³/mol. The van der Waals surface area contributed by atoms with Gasteiger partial charge in [0.15, 0.2) is 0 Å². The lowest BCUT2D eigenvalue weighted by Gasteiger charge is -2.32. The fourth-order valence-corrected chi connectivity index (χ4v) is 1.99. The number of carbonyl (C=O) groups is 1. The fraction of sp³-hybridized carbons (Fsp3) is 0.643. The van der Waals surface area contributed by atoms with Crippen molar-refractivity contribution in [1.29, 1.82) is 0 Å². The molecule has 2 nitrogen and oxygen atoms in total. The fourth-order valence-electron chi connectivity index (χ4n) is 1.99. The molecule has 1 rings (SSSR count). The Kier molecular flexibility index (Phi) is 3.95. The number of rotatable bonds is 2. The second-order valence-electron chi connectivity index (χ2n) is 5.44. The molecule has 0 N–H and O–H groups in total. The Morgan fingerprint density at radius 3 is 2.56 bits per heavy atom. The van der Waals surface area contributed by atoms with E-state index in [1.54, 1.807) is 0 Å². The van der Waals surface area contributed by atoms with Gasteiger partial charge in [0, 0.05) is 5.57 Å². The van der Waals surface area contributed by atoms with Crippen molar-refractivity contribution in [2.24, 2.45) is 5.41 Å². The van der Waals surface area contributed by atoms with Crippen LogP contribution in [0.15, 0.2) is 23.0 Å². The zero-order valence-electron chi connectivity index (χ0n) is 11.0. The summed E-state index contributed by atoms with van der Waals surface area (Å²) in [5.74, 6) is -0.175. The van der Waals surface area contributed by atoms with E-state index in [0.717, 1.165) is 30.4 Å². The summed E-state index contributed by atoms with van der Waals surface area (Å²) in [5, 5.41) is 0. The second-order valence-corrected chi connectivity index (χ2v) is 5.44. The van der Waals surface area contributed by atoms with Crippen LogP contribution in [0.5, 0.6) is 0 Å². The van der Waals surface area contributed by atoms with E-state index in [4.69, 9.17) is 4.74 Å². The molecule has 0 radical (unpaired) electrons. The van der Waals surface area contributed by atoms with E-state index in [1.807, 2.05) is 13.8 Å². The molecule has 0 atom stereocenters. The SMILES string of the molecule is CC(C)=COC(=O)C1=C(C)C(C)(C)CCC1. The molecule has 16 heavy (non-hydrogen) atoms. The van der Waals surface area contributed by atoms with Gasteiger partial charge in [0.1, 0.15) is 0 Å². The van der Waals surface area contributed by atoms with E-state index in [1.165, 1.54) is 11.8 Å². The van der Waals surface area contributed by atoms with Crippen molar-refractivity contribution in [3.63, 3.8) is 0 Å². The highest BCUT2D eigenvalue weighted by molar-refractivity contribution is 5.90. The number of esters is 1. The largest absolute Gasteiger partial charge is 0.431 e. The molecule has 0 aliphatic heterocycles. The summed E-state index contributed by atoms with van der Waals surface area (Å²) in [6.45, 7) is 10.3. The summed E-state index contributed by atoms with van der Waals surface area (Å²) in [6.07, 6.45) is 4.61. The molecule has 0 saturated heterocycles. The van der Waals surface area contributed by atoms with Crippen LogP contribution in [0.3, 0.4) is 0 Å². The summed E-state index contributed by atoms with van der Waals surface area (Å²) < 4.78 is 5.15. The molecule has 90 valence electrons. The number of hydrogen-bond acceptors (Lipinski definition) is 2. The number of hydrogen-bond donors (Lipinski definition) is 0. The number of carbonyl (C=O) groups excluding carboxylic acids is 1. The summed E-state index contributed by atoms with van der Waals surface area (Å²) in [4.78, 5) is 11.9. The third-order valence-corrected chi connectivity index (χ3v) is 3.34. The molecule has 0 spiro atoms. The van der Waals surface area contributed by atoms with E-state index >= 15 is 0 Å². The summed E-state index contributed by atoms with van der Waals surface area (Å²) >= 11 is 0. The summed E-state index contributed by atoms with van der Waals surface area (Å²) in [5.41, 5.74) is 3.19. The van der Waals surface area contributed by atoms with Gasteiger partial charge in [-0.05, 0) is 51.0 Å². The first kappa shape index (κ1) is 13.0. The summed E-state index contributed by atoms with van der Waals surface area (Å²) in [7, 11) is 0. The van der Waals surface area contributed by atoms with Crippen LogP contribution in [0, 0.1) is 5.41 Å². The topological polar surface area (TPSA) is 26.3 Å². The Bertz CT molecular complexity index is 342. The molecule has 1 aliphatic carbocycles. The molecular formula is C14H22O2. The van der Waals surface area contributed by atoms with E-state index < -0.39 is 0 Å². The second kappa shape index (κ2) is 4.86. The normalized spacial score (nSPS) is 19.3. The third-order valence-electron chi connectivity index (χ3n) is 3.34. The van der Waals surface area contributed by atoms with Crippen molar-refractivity contribution in [3.8, 4) is 0 Å². The molecule has 0 amide bonds. The maximum Gasteiger partial charge on any atom is 0.338 e. The first-order chi connectivity index (χ1) is 7.34. The van der Waals surface area contributed by atoms with Crippen LogP contribution in [0.2, 0.25) is 0 Å². The molecular weight excluding hydrogens is 200 g/mol. The molecule has 2 heteroatoms. The molecule has 0 saturated carbocycles. The Hall–Kier alpha value is -1.05. The Labute approximate surface area is 98.4 Å². The van der Waals surface area contributed by atoms with Gasteiger partial charge in [0.2, 0.25) is 0 Å². The van der Waals surface area contributed by atoms with Crippen molar-refractivity contribution in [1.82, 2.24) is 0 Å². The third kappa shape index (κ3) is 2.97. The van der Waals surface area contributed by atoms with Crippen molar-refractivity contribution in [2.75, 3.05) is 0 Å². The molecule has 0 fully saturated rings. The number of allylic oxidation sites excluding steroid dienone is 2. The lowest BCUT2D eigenvalue weighted by atomic mass is 9.73. The maximum atomic E-state index is 11.9. The van der Waals surface area contributed by atoms with Gasteiger partial charge in [-0.1, -0.05) is 19.4 Å². The van der Waals surface area contributed by atoms with Crippen LogP contribution in [0.25, 0.3) is 0 Å². The van der Waals surface area contributed by atoms with Crippen LogP contribution >= 0.6 is 0 Å². The average molecular weight is 222 g/mol. The molecule has 0 aromatic rings. The highest BCUT2D eigenvalue weighted by atomic mass is 16.5. The van der Waals surface area contributed by atoms with Crippen molar-refractivity contribution in [3.05, 3.63) is 23.0 Å². The van der Waals surface area contributed by atoms with Crippen LogP contribution in [-0.4, -0.2) is 5.97 Å². The van der Waals surface area contributed by atoms with Gasteiger partial charge < -0.3 is 4.74 Å². The summed E-state index contributed by atoms with van der Waals surface area (Å²) in [6, 6.07) is 0. The molecule has 0 bridgehead atoms. The van der Waals surface area contributed by atoms with Gasteiger partial charge in [-0.3, -0.25) is 0 Å². The van der Waals surface area contributed by atoms with E-state index in [9.17, 15) is 4.79 Å². The smallest absolute Gasteiger partial charge is 0.338 e. The van der Waals surface area contributed by atoms with Crippen molar-refractivity contribution >= 4 is 5.97 Å². The zero-order valence-corrected chi connectivity index (χ0v) is 11.0. The van der Waals surface area contributed by atoms with E-state index in [-0.39, 0.29) is 11.4 Å². The van der Waals surface area contributed by atoms with Crippen LogP contribution in [0.1, 0.15) is 53.9 Å². The first-order valence-electron chi connectivity index (χ1n) is 5.89. The zero-order chi connectivity index (χ0) is 12.3. The van der Waals surface area contributed by atoms with Crippen LogP contribution < -0.4 is 0 Å². The Morgan fingerprint density at radius 1 is 1.38 bits per heavy atom. The monoisotopic (exact) mass is 222 g/mol. The van der Waals surface area contributed by atoms with Gasteiger partial charge in [-0.25, -0.2) is 4.79 Å². The number of ether oxygens (including phenoxy) is 1. The first-order valence-corrected chi connectivity index (χ1v) is 5.89. The molecule has 1 aliphatic rings. The van der Waals surface area contributed by atoms with Crippen LogP contribution in [-0.2, 0) is 9.53 Å². The van der Waals surface area contributed by atoms with Crippen LogP contribution in [0.4, 0.5) is 0 Å². The van der Waals surface area contributed by atoms with Crippen molar-refractivity contribution < 1.29 is 9.53 Å². The van der Waals surface area contributed by atoms with Gasteiger partial charge in [0.05, 0.1) is 6.26 Å². The lowest BCUT2D eigenvalue weighted by Crippen LogP contribution is -2.22. The van der Waals surface area contributed by atoms with Gasteiger partial charge in [-0.15, -0.1) is 0 Å². The minimum absolute atomic E-state index is 0.136. The molecule has 0 aromatic carbocycles. The Balaban J connectivity index is 2.87. The average Bonchev–Trinajstić information content (AvgIpc) is 2.18.